The SMILES string of the molecule is O=c1ncc(CS(=O)(=O)O)c(NCc2ccccc2)[nH]1. The molecule has 1 aromatic heterocycles. The highest BCUT2D eigenvalue weighted by molar-refractivity contribution is 7.85. The summed E-state index contributed by atoms with van der Waals surface area (Å²) in [6.45, 7) is 0.402. The van der Waals surface area contributed by atoms with Crippen LogP contribution in [0.2, 0.25) is 0 Å². The second-order valence-corrected chi connectivity index (χ2v) is 5.61. The minimum absolute atomic E-state index is 0.197. The van der Waals surface area contributed by atoms with Crippen molar-refractivity contribution in [3.63, 3.8) is 0 Å². The fourth-order valence-corrected chi connectivity index (χ4v) is 2.28. The van der Waals surface area contributed by atoms with Crippen LogP contribution in [0.15, 0.2) is 41.3 Å². The van der Waals surface area contributed by atoms with Crippen molar-refractivity contribution in [3.8, 4) is 0 Å². The van der Waals surface area contributed by atoms with Crippen LogP contribution in [-0.2, 0) is 22.4 Å². The lowest BCUT2D eigenvalue weighted by Gasteiger charge is -2.10. The maximum absolute atomic E-state index is 11.2. The van der Waals surface area contributed by atoms with Crippen LogP contribution in [0.25, 0.3) is 0 Å². The van der Waals surface area contributed by atoms with E-state index in [1.54, 1.807) is 0 Å². The molecule has 0 atom stereocenters. The first kappa shape index (κ1) is 14.2. The Morgan fingerprint density at radius 1 is 1.25 bits per heavy atom. The normalized spacial score (nSPS) is 11.2. The molecule has 0 saturated heterocycles. The first-order valence-electron chi connectivity index (χ1n) is 5.75. The summed E-state index contributed by atoms with van der Waals surface area (Å²) in [5.74, 6) is -0.389. The molecule has 0 radical (unpaired) electrons. The molecule has 0 aliphatic heterocycles. The van der Waals surface area contributed by atoms with Gasteiger partial charge in [0.25, 0.3) is 10.1 Å². The highest BCUT2D eigenvalue weighted by atomic mass is 32.2. The van der Waals surface area contributed by atoms with Crippen molar-refractivity contribution in [1.29, 1.82) is 0 Å². The van der Waals surface area contributed by atoms with Crippen molar-refractivity contribution in [3.05, 3.63) is 58.1 Å². The van der Waals surface area contributed by atoms with Crippen LogP contribution in [0.3, 0.4) is 0 Å². The van der Waals surface area contributed by atoms with Gasteiger partial charge in [-0.25, -0.2) is 9.78 Å². The smallest absolute Gasteiger partial charge is 0.346 e. The fraction of sp³-hybridized carbons (Fsp3) is 0.167. The molecule has 0 aliphatic carbocycles. The average Bonchev–Trinajstić information content (AvgIpc) is 2.39. The van der Waals surface area contributed by atoms with Crippen molar-refractivity contribution < 1.29 is 13.0 Å². The van der Waals surface area contributed by atoms with Gasteiger partial charge in [0, 0.05) is 18.3 Å². The van der Waals surface area contributed by atoms with E-state index in [0.717, 1.165) is 11.8 Å². The van der Waals surface area contributed by atoms with Gasteiger partial charge in [-0.3, -0.25) is 9.54 Å². The van der Waals surface area contributed by atoms with E-state index in [4.69, 9.17) is 4.55 Å². The van der Waals surface area contributed by atoms with Crippen LogP contribution >= 0.6 is 0 Å². The minimum Gasteiger partial charge on any atom is -0.367 e. The number of nitrogens with zero attached hydrogens (tertiary/aromatic N) is 1. The number of hydrogen-bond donors (Lipinski definition) is 3. The van der Waals surface area contributed by atoms with Crippen molar-refractivity contribution >= 4 is 15.9 Å². The molecule has 106 valence electrons. The van der Waals surface area contributed by atoms with Gasteiger partial charge in [-0.2, -0.15) is 8.42 Å². The zero-order valence-corrected chi connectivity index (χ0v) is 11.2. The molecule has 1 heterocycles. The van der Waals surface area contributed by atoms with E-state index in [1.807, 2.05) is 30.3 Å². The Labute approximate surface area is 115 Å². The van der Waals surface area contributed by atoms with Crippen molar-refractivity contribution in [2.75, 3.05) is 5.32 Å². The molecule has 0 spiro atoms. The molecule has 3 N–H and O–H groups in total. The molecule has 7 nitrogen and oxygen atoms in total. The lowest BCUT2D eigenvalue weighted by atomic mass is 10.2. The largest absolute Gasteiger partial charge is 0.367 e. The number of anilines is 1. The van der Waals surface area contributed by atoms with E-state index in [1.165, 1.54) is 0 Å². The van der Waals surface area contributed by atoms with E-state index >= 15 is 0 Å². The molecular weight excluding hydrogens is 282 g/mol. The zero-order chi connectivity index (χ0) is 14.6. The quantitative estimate of drug-likeness (QED) is 0.702. The number of H-pyrrole nitrogens is 1. The summed E-state index contributed by atoms with van der Waals surface area (Å²) in [5.41, 5.74) is 0.561. The highest BCUT2D eigenvalue weighted by Crippen LogP contribution is 2.13. The van der Waals surface area contributed by atoms with Crippen molar-refractivity contribution in [1.82, 2.24) is 9.97 Å². The topological polar surface area (TPSA) is 112 Å². The summed E-state index contributed by atoms with van der Waals surface area (Å²) in [4.78, 5) is 17.1. The Kier molecular flexibility index (Phi) is 4.16. The maximum atomic E-state index is 11.2. The highest BCUT2D eigenvalue weighted by Gasteiger charge is 2.12. The Bertz CT molecular complexity index is 741. The molecule has 0 unspecified atom stereocenters. The van der Waals surface area contributed by atoms with Crippen LogP contribution in [0.5, 0.6) is 0 Å². The van der Waals surface area contributed by atoms with Crippen molar-refractivity contribution in [2.24, 2.45) is 0 Å². The number of aromatic amines is 1. The summed E-state index contributed by atoms with van der Waals surface area (Å²) in [6.07, 6.45) is 1.12. The van der Waals surface area contributed by atoms with Crippen LogP contribution < -0.4 is 11.0 Å². The van der Waals surface area contributed by atoms with Crippen molar-refractivity contribution in [2.45, 2.75) is 12.3 Å². The van der Waals surface area contributed by atoms with Gasteiger partial charge in [-0.1, -0.05) is 30.3 Å². The van der Waals surface area contributed by atoms with Crippen LogP contribution in [0.1, 0.15) is 11.1 Å². The second-order valence-electron chi connectivity index (χ2n) is 4.15. The van der Waals surface area contributed by atoms with Gasteiger partial charge in [0.15, 0.2) is 0 Å². The van der Waals surface area contributed by atoms with Crippen LogP contribution in [0.4, 0.5) is 5.82 Å². The first-order valence-corrected chi connectivity index (χ1v) is 7.36. The number of benzene rings is 1. The second kappa shape index (κ2) is 5.85. The zero-order valence-electron chi connectivity index (χ0n) is 10.4. The molecule has 0 amide bonds. The monoisotopic (exact) mass is 295 g/mol. The average molecular weight is 295 g/mol. The lowest BCUT2D eigenvalue weighted by Crippen LogP contribution is -2.17. The third kappa shape index (κ3) is 4.18. The first-order chi connectivity index (χ1) is 9.44. The molecular formula is C12H13N3O4S. The van der Waals surface area contributed by atoms with Gasteiger partial charge in [0.05, 0.1) is 0 Å². The fourth-order valence-electron chi connectivity index (χ4n) is 1.67. The molecule has 0 saturated carbocycles. The van der Waals surface area contributed by atoms with E-state index < -0.39 is 21.6 Å². The Balaban J connectivity index is 2.21. The Morgan fingerprint density at radius 3 is 2.60 bits per heavy atom. The minimum atomic E-state index is -4.20. The van der Waals surface area contributed by atoms with Gasteiger partial charge in [-0.05, 0) is 5.56 Å². The van der Waals surface area contributed by atoms with Crippen LogP contribution in [-0.4, -0.2) is 22.9 Å². The lowest BCUT2D eigenvalue weighted by molar-refractivity contribution is 0.482. The predicted molar refractivity (Wildman–Crippen MR) is 73.9 cm³/mol. The van der Waals surface area contributed by atoms with Gasteiger partial charge in [0.1, 0.15) is 11.6 Å². The third-order valence-corrected chi connectivity index (χ3v) is 3.22. The van der Waals surface area contributed by atoms with E-state index in [0.29, 0.717) is 6.54 Å². The Morgan fingerprint density at radius 2 is 1.95 bits per heavy atom. The van der Waals surface area contributed by atoms with E-state index in [-0.39, 0.29) is 11.4 Å². The van der Waals surface area contributed by atoms with Gasteiger partial charge >= 0.3 is 5.69 Å². The Hall–Kier alpha value is -2.19. The summed E-state index contributed by atoms with van der Waals surface area (Å²) in [6, 6.07) is 9.38. The maximum Gasteiger partial charge on any atom is 0.346 e. The molecule has 0 bridgehead atoms. The van der Waals surface area contributed by atoms with E-state index in [9.17, 15) is 13.2 Å². The number of rotatable bonds is 5. The van der Waals surface area contributed by atoms with Gasteiger partial charge in [0.2, 0.25) is 0 Å². The third-order valence-electron chi connectivity index (χ3n) is 2.54. The molecule has 1 aromatic carbocycles. The summed E-state index contributed by atoms with van der Waals surface area (Å²) in [5, 5.41) is 2.92. The number of hydrogen-bond acceptors (Lipinski definition) is 5. The molecule has 0 fully saturated rings. The molecule has 8 heteroatoms. The molecule has 20 heavy (non-hydrogen) atoms. The molecule has 2 aromatic rings. The van der Waals surface area contributed by atoms with E-state index in [2.05, 4.69) is 15.3 Å². The van der Waals surface area contributed by atoms with Crippen LogP contribution in [0, 0.1) is 0 Å². The summed E-state index contributed by atoms with van der Waals surface area (Å²) >= 11 is 0. The summed E-state index contributed by atoms with van der Waals surface area (Å²) < 4.78 is 30.7. The van der Waals surface area contributed by atoms with Gasteiger partial charge in [-0.15, -0.1) is 0 Å². The predicted octanol–water partition coefficient (Wildman–Crippen LogP) is 0.770. The number of nitrogens with one attached hydrogen (secondary N) is 2. The molecule has 0 aliphatic rings. The van der Waals surface area contributed by atoms with Gasteiger partial charge < -0.3 is 5.32 Å². The molecule has 2 rings (SSSR count). The number of aromatic nitrogens is 2. The standard InChI is InChI=1S/C12H13N3O4S/c16-12-14-7-10(8-20(17,18)19)11(15-12)13-6-9-4-2-1-3-5-9/h1-5,7H,6,8H2,(H,17,18,19)(H2,13,14,15,16). The summed E-state index contributed by atoms with van der Waals surface area (Å²) in [7, 11) is -4.20.